The minimum Gasteiger partial charge on any atom is -0.492 e. The molecule has 196 valence electrons. The summed E-state index contributed by atoms with van der Waals surface area (Å²) in [7, 11) is 0. The van der Waals surface area contributed by atoms with E-state index in [1.54, 1.807) is 29.3 Å². The second-order valence-electron chi connectivity index (χ2n) is 9.32. The van der Waals surface area contributed by atoms with Crippen LogP contribution in [0, 0.1) is 17.2 Å². The SMILES string of the molecule is N#Cc1cc(-c2ccnc(Nc3ccc(N4CCOCC4)cc3)n2)ccc1OCC1CCN(C(=O)CO)C1. The molecule has 1 aromatic heterocycles. The molecule has 2 fully saturated rings. The number of nitriles is 1. The van der Waals surface area contributed by atoms with Crippen molar-refractivity contribution in [1.82, 2.24) is 14.9 Å². The van der Waals surface area contributed by atoms with Gasteiger partial charge in [-0.2, -0.15) is 5.26 Å². The highest BCUT2D eigenvalue weighted by Crippen LogP contribution is 2.28. The number of aromatic nitrogens is 2. The van der Waals surface area contributed by atoms with E-state index in [1.807, 2.05) is 18.2 Å². The molecule has 0 radical (unpaired) electrons. The monoisotopic (exact) mass is 514 g/mol. The van der Waals surface area contributed by atoms with Crippen LogP contribution >= 0.6 is 0 Å². The molecule has 2 aliphatic heterocycles. The predicted molar refractivity (Wildman–Crippen MR) is 142 cm³/mol. The topological polar surface area (TPSA) is 124 Å². The number of carbonyl (C=O) groups excluding carboxylic acids is 1. The highest BCUT2D eigenvalue weighted by molar-refractivity contribution is 5.77. The van der Waals surface area contributed by atoms with Crippen LogP contribution in [0.25, 0.3) is 11.3 Å². The summed E-state index contributed by atoms with van der Waals surface area (Å²) in [5, 5.41) is 22.0. The van der Waals surface area contributed by atoms with Gasteiger partial charge in [0.1, 0.15) is 18.4 Å². The van der Waals surface area contributed by atoms with Crippen molar-refractivity contribution in [2.75, 3.05) is 62.8 Å². The van der Waals surface area contributed by atoms with Crippen molar-refractivity contribution in [1.29, 1.82) is 5.26 Å². The molecule has 38 heavy (non-hydrogen) atoms. The first kappa shape index (κ1) is 25.4. The van der Waals surface area contributed by atoms with Gasteiger partial charge < -0.3 is 29.7 Å². The molecule has 0 spiro atoms. The number of hydrogen-bond donors (Lipinski definition) is 2. The summed E-state index contributed by atoms with van der Waals surface area (Å²) in [6, 6.07) is 17.6. The molecule has 2 aromatic carbocycles. The zero-order valence-electron chi connectivity index (χ0n) is 21.0. The molecule has 10 heteroatoms. The van der Waals surface area contributed by atoms with E-state index < -0.39 is 6.61 Å². The highest BCUT2D eigenvalue weighted by atomic mass is 16.5. The van der Waals surface area contributed by atoms with Gasteiger partial charge in [0.2, 0.25) is 11.9 Å². The Balaban J connectivity index is 1.23. The van der Waals surface area contributed by atoms with Gasteiger partial charge in [0, 0.05) is 55.2 Å². The van der Waals surface area contributed by atoms with Crippen molar-refractivity contribution in [3.05, 3.63) is 60.3 Å². The molecule has 1 amide bonds. The number of hydrogen-bond acceptors (Lipinski definition) is 9. The second-order valence-corrected chi connectivity index (χ2v) is 9.32. The van der Waals surface area contributed by atoms with Crippen LogP contribution in [0.2, 0.25) is 0 Å². The van der Waals surface area contributed by atoms with Crippen LogP contribution < -0.4 is 15.0 Å². The number of morpholine rings is 1. The van der Waals surface area contributed by atoms with Gasteiger partial charge >= 0.3 is 0 Å². The number of ether oxygens (including phenoxy) is 2. The van der Waals surface area contributed by atoms with Gasteiger partial charge in [0.05, 0.1) is 31.1 Å². The molecule has 3 heterocycles. The Labute approximate surface area is 221 Å². The van der Waals surface area contributed by atoms with Gasteiger partial charge in [-0.15, -0.1) is 0 Å². The first-order valence-corrected chi connectivity index (χ1v) is 12.7. The zero-order valence-corrected chi connectivity index (χ0v) is 21.0. The van der Waals surface area contributed by atoms with Gasteiger partial charge in [0.25, 0.3) is 0 Å². The highest BCUT2D eigenvalue weighted by Gasteiger charge is 2.26. The predicted octanol–water partition coefficient (Wildman–Crippen LogP) is 2.82. The fraction of sp³-hybridized carbons (Fsp3) is 0.357. The lowest BCUT2D eigenvalue weighted by Gasteiger charge is -2.28. The summed E-state index contributed by atoms with van der Waals surface area (Å²) in [6.07, 6.45) is 2.49. The zero-order chi connectivity index (χ0) is 26.3. The number of carbonyl (C=O) groups is 1. The first-order valence-electron chi connectivity index (χ1n) is 12.7. The Hall–Kier alpha value is -4.20. The van der Waals surface area contributed by atoms with Crippen LogP contribution in [0.4, 0.5) is 17.3 Å². The quantitative estimate of drug-likeness (QED) is 0.467. The summed E-state index contributed by atoms with van der Waals surface area (Å²) in [5.74, 6) is 0.855. The number of likely N-dealkylation sites (tertiary alicyclic amines) is 1. The average Bonchev–Trinajstić information content (AvgIpc) is 3.46. The largest absolute Gasteiger partial charge is 0.492 e. The van der Waals surface area contributed by atoms with Gasteiger partial charge in [-0.05, 0) is 55.0 Å². The smallest absolute Gasteiger partial charge is 0.248 e. The van der Waals surface area contributed by atoms with Crippen LogP contribution in [0.1, 0.15) is 12.0 Å². The maximum absolute atomic E-state index is 11.7. The minimum atomic E-state index is -0.477. The summed E-state index contributed by atoms with van der Waals surface area (Å²) >= 11 is 0. The first-order chi connectivity index (χ1) is 18.6. The molecule has 2 aliphatic rings. The average molecular weight is 515 g/mol. The lowest BCUT2D eigenvalue weighted by Crippen LogP contribution is -2.36. The van der Waals surface area contributed by atoms with Crippen molar-refractivity contribution in [3.63, 3.8) is 0 Å². The van der Waals surface area contributed by atoms with Crippen LogP contribution in [-0.2, 0) is 9.53 Å². The molecule has 1 unspecified atom stereocenters. The number of anilines is 3. The molecule has 2 N–H and O–H groups in total. The summed E-state index contributed by atoms with van der Waals surface area (Å²) in [6.45, 7) is 4.34. The van der Waals surface area contributed by atoms with Crippen LogP contribution in [0.15, 0.2) is 54.7 Å². The molecule has 10 nitrogen and oxygen atoms in total. The van der Waals surface area contributed by atoms with Crippen LogP contribution in [-0.4, -0.2) is 78.5 Å². The van der Waals surface area contributed by atoms with Crippen molar-refractivity contribution in [2.24, 2.45) is 5.92 Å². The fourth-order valence-corrected chi connectivity index (χ4v) is 4.69. The Morgan fingerprint density at radius 1 is 1.16 bits per heavy atom. The second kappa shape index (κ2) is 11.9. The van der Waals surface area contributed by atoms with Crippen molar-refractivity contribution >= 4 is 23.2 Å². The third kappa shape index (κ3) is 6.02. The number of aliphatic hydroxyl groups is 1. The summed E-state index contributed by atoms with van der Waals surface area (Å²) < 4.78 is 11.4. The Morgan fingerprint density at radius 3 is 2.74 bits per heavy atom. The van der Waals surface area contributed by atoms with E-state index in [2.05, 4.69) is 38.4 Å². The van der Waals surface area contributed by atoms with E-state index in [0.29, 0.717) is 42.7 Å². The molecule has 1 atom stereocenters. The fourth-order valence-electron chi connectivity index (χ4n) is 4.69. The van der Waals surface area contributed by atoms with E-state index in [0.717, 1.165) is 49.7 Å². The number of aliphatic hydroxyl groups excluding tert-OH is 1. The molecule has 2 saturated heterocycles. The Morgan fingerprint density at radius 2 is 1.97 bits per heavy atom. The lowest BCUT2D eigenvalue weighted by molar-refractivity contribution is -0.133. The van der Waals surface area contributed by atoms with Crippen LogP contribution in [0.3, 0.4) is 0 Å². The minimum absolute atomic E-state index is 0.162. The number of nitrogens with one attached hydrogen (secondary N) is 1. The normalized spacial score (nSPS) is 17.2. The third-order valence-corrected chi connectivity index (χ3v) is 6.80. The maximum Gasteiger partial charge on any atom is 0.248 e. The summed E-state index contributed by atoms with van der Waals surface area (Å²) in [4.78, 5) is 24.6. The van der Waals surface area contributed by atoms with Crippen LogP contribution in [0.5, 0.6) is 5.75 Å². The molecule has 0 bridgehead atoms. The molecule has 5 rings (SSSR count). The van der Waals surface area contributed by atoms with Gasteiger partial charge in [-0.25, -0.2) is 9.97 Å². The van der Waals surface area contributed by atoms with Crippen molar-refractivity contribution < 1.29 is 19.4 Å². The van der Waals surface area contributed by atoms with Crippen molar-refractivity contribution in [2.45, 2.75) is 6.42 Å². The number of benzene rings is 2. The molecular weight excluding hydrogens is 484 g/mol. The third-order valence-electron chi connectivity index (χ3n) is 6.80. The van der Waals surface area contributed by atoms with E-state index >= 15 is 0 Å². The van der Waals surface area contributed by atoms with Gasteiger partial charge in [-0.1, -0.05) is 0 Å². The van der Waals surface area contributed by atoms with E-state index in [9.17, 15) is 10.1 Å². The molecule has 0 aliphatic carbocycles. The van der Waals surface area contributed by atoms with E-state index in [4.69, 9.17) is 14.6 Å². The standard InChI is InChI=1S/C28H30N6O4/c29-16-22-15-21(1-6-26(22)38-19-20-8-10-34(17-20)27(36)18-35)25-7-9-30-28(32-25)31-23-2-4-24(5-3-23)33-11-13-37-14-12-33/h1-7,9,15,20,35H,8,10-14,17-19H2,(H,30,31,32). The van der Waals surface area contributed by atoms with Gasteiger partial charge in [-0.3, -0.25) is 4.79 Å². The number of nitrogens with zero attached hydrogens (tertiary/aromatic N) is 5. The number of amides is 1. The molecular formula is C28H30N6O4. The maximum atomic E-state index is 11.7. The van der Waals surface area contributed by atoms with E-state index in [-0.39, 0.29) is 11.8 Å². The Kier molecular flexibility index (Phi) is 7.97. The molecule has 0 saturated carbocycles. The van der Waals surface area contributed by atoms with E-state index in [1.165, 1.54) is 0 Å². The summed E-state index contributed by atoms with van der Waals surface area (Å²) in [5.41, 5.74) is 3.92. The van der Waals surface area contributed by atoms with Gasteiger partial charge in [0.15, 0.2) is 0 Å². The lowest BCUT2D eigenvalue weighted by atomic mass is 10.1. The Bertz CT molecular complexity index is 1300. The number of rotatable bonds is 8. The molecule has 3 aromatic rings. The van der Waals surface area contributed by atoms with Crippen molar-refractivity contribution in [3.8, 4) is 23.1 Å².